The molecule has 0 fully saturated rings. The summed E-state index contributed by atoms with van der Waals surface area (Å²) in [6.45, 7) is 0. The van der Waals surface area contributed by atoms with E-state index in [-0.39, 0.29) is 0 Å². The van der Waals surface area contributed by atoms with Gasteiger partial charge in [0.15, 0.2) is 0 Å². The zero-order valence-corrected chi connectivity index (χ0v) is 16.7. The van der Waals surface area contributed by atoms with Crippen LogP contribution in [0, 0.1) is 0 Å². The highest BCUT2D eigenvalue weighted by molar-refractivity contribution is 5.95. The van der Waals surface area contributed by atoms with E-state index in [0.29, 0.717) is 0 Å². The quantitative estimate of drug-likeness (QED) is 0.274. The van der Waals surface area contributed by atoms with Crippen LogP contribution in [0.25, 0.3) is 45.8 Å². The first-order valence-electron chi connectivity index (χ1n) is 10.3. The third kappa shape index (κ3) is 3.68. The van der Waals surface area contributed by atoms with Gasteiger partial charge in [0.1, 0.15) is 0 Å². The first-order valence-corrected chi connectivity index (χ1v) is 10.3. The molecule has 0 aliphatic heterocycles. The predicted octanol–water partition coefficient (Wildman–Crippen LogP) is 8.33. The highest BCUT2D eigenvalue weighted by Gasteiger charge is 2.00. The van der Waals surface area contributed by atoms with E-state index in [4.69, 9.17) is 0 Å². The fourth-order valence-corrected chi connectivity index (χ4v) is 3.97. The Bertz CT molecular complexity index is 1270. The van der Waals surface area contributed by atoms with Gasteiger partial charge in [-0.3, -0.25) is 0 Å². The van der Waals surface area contributed by atoms with E-state index in [2.05, 4.69) is 133 Å². The molecule has 0 aromatic heterocycles. The Morgan fingerprint density at radius 1 is 0.300 bits per heavy atom. The molecule has 0 heteroatoms. The largest absolute Gasteiger partial charge is 0.0616 e. The molecule has 0 radical (unpaired) electrons. The Morgan fingerprint density at radius 3 is 1.13 bits per heavy atom. The first kappa shape index (κ1) is 18.1. The maximum absolute atomic E-state index is 2.22. The second kappa shape index (κ2) is 8.23. The number of fused-ring (bicyclic) bond motifs is 2. The third-order valence-corrected chi connectivity index (χ3v) is 5.53. The van der Waals surface area contributed by atoms with Crippen molar-refractivity contribution in [3.8, 4) is 0 Å². The van der Waals surface area contributed by atoms with E-state index in [0.717, 1.165) is 0 Å². The SMILES string of the molecule is C(=C\c1cccc2ccccc12)/c1ccccc1/C=C/c1cccc2ccccc12. The Labute approximate surface area is 177 Å². The topological polar surface area (TPSA) is 0 Å². The summed E-state index contributed by atoms with van der Waals surface area (Å²) in [5, 5.41) is 5.09. The molecule has 0 unspecified atom stereocenters. The van der Waals surface area contributed by atoms with E-state index < -0.39 is 0 Å². The number of hydrogen-bond donors (Lipinski definition) is 0. The number of benzene rings is 5. The monoisotopic (exact) mass is 382 g/mol. The van der Waals surface area contributed by atoms with E-state index in [1.165, 1.54) is 43.8 Å². The summed E-state index contributed by atoms with van der Waals surface area (Å²) >= 11 is 0. The highest BCUT2D eigenvalue weighted by atomic mass is 14.0. The van der Waals surface area contributed by atoms with Crippen molar-refractivity contribution in [1.29, 1.82) is 0 Å². The van der Waals surface area contributed by atoms with Crippen LogP contribution in [-0.2, 0) is 0 Å². The Kier molecular flexibility index (Phi) is 4.98. The fraction of sp³-hybridized carbons (Fsp3) is 0. The van der Waals surface area contributed by atoms with Crippen LogP contribution in [0.4, 0.5) is 0 Å². The van der Waals surface area contributed by atoms with Crippen LogP contribution in [0.2, 0.25) is 0 Å². The third-order valence-electron chi connectivity index (χ3n) is 5.53. The molecule has 0 amide bonds. The lowest BCUT2D eigenvalue weighted by molar-refractivity contribution is 1.61. The molecule has 0 saturated heterocycles. The molecular formula is C30H22. The summed E-state index contributed by atoms with van der Waals surface area (Å²) in [7, 11) is 0. The van der Waals surface area contributed by atoms with Gasteiger partial charge < -0.3 is 0 Å². The summed E-state index contributed by atoms with van der Waals surface area (Å²) in [4.78, 5) is 0. The van der Waals surface area contributed by atoms with Crippen molar-refractivity contribution in [2.75, 3.05) is 0 Å². The van der Waals surface area contributed by atoms with E-state index >= 15 is 0 Å². The summed E-state index contributed by atoms with van der Waals surface area (Å²) in [5.41, 5.74) is 4.89. The van der Waals surface area contributed by atoms with Gasteiger partial charge in [-0.1, -0.05) is 133 Å². The van der Waals surface area contributed by atoms with Crippen molar-refractivity contribution in [3.05, 3.63) is 131 Å². The zero-order valence-electron chi connectivity index (χ0n) is 16.7. The zero-order chi connectivity index (χ0) is 20.2. The lowest BCUT2D eigenvalue weighted by Gasteiger charge is -2.05. The van der Waals surface area contributed by atoms with Gasteiger partial charge in [0, 0.05) is 0 Å². The lowest BCUT2D eigenvalue weighted by Crippen LogP contribution is -1.82. The molecule has 0 aliphatic carbocycles. The normalized spacial score (nSPS) is 11.7. The van der Waals surface area contributed by atoms with E-state index in [1.807, 2.05) is 0 Å². The molecule has 0 atom stereocenters. The second-order valence-electron chi connectivity index (χ2n) is 7.43. The van der Waals surface area contributed by atoms with Crippen LogP contribution in [0.1, 0.15) is 22.3 Å². The molecule has 0 nitrogen and oxygen atoms in total. The summed E-state index contributed by atoms with van der Waals surface area (Å²) in [6, 6.07) is 38.5. The molecule has 5 aromatic rings. The highest BCUT2D eigenvalue weighted by Crippen LogP contribution is 2.24. The lowest BCUT2D eigenvalue weighted by atomic mass is 10.0. The van der Waals surface area contributed by atoms with Gasteiger partial charge in [-0.05, 0) is 43.8 Å². The molecule has 0 aliphatic rings. The van der Waals surface area contributed by atoms with Gasteiger partial charge in [-0.25, -0.2) is 0 Å². The van der Waals surface area contributed by atoms with Gasteiger partial charge in [-0.15, -0.1) is 0 Å². The van der Waals surface area contributed by atoms with Gasteiger partial charge in [0.05, 0.1) is 0 Å². The number of rotatable bonds is 4. The van der Waals surface area contributed by atoms with Gasteiger partial charge in [0.25, 0.3) is 0 Å². The maximum atomic E-state index is 2.22. The van der Waals surface area contributed by atoms with Crippen LogP contribution in [-0.4, -0.2) is 0 Å². The standard InChI is InChI=1S/C30H22/c1-2-10-24(20-22-28-16-8-14-26-12-4-6-18-30(26)28)23(9-1)19-21-27-15-7-13-25-11-3-5-17-29(25)27/h1-22H/b21-19+,22-20+. The second-order valence-corrected chi connectivity index (χ2v) is 7.43. The molecule has 142 valence electrons. The average Bonchev–Trinajstić information content (AvgIpc) is 2.82. The average molecular weight is 383 g/mol. The van der Waals surface area contributed by atoms with Crippen LogP contribution in [0.5, 0.6) is 0 Å². The molecule has 0 N–H and O–H groups in total. The van der Waals surface area contributed by atoms with E-state index in [9.17, 15) is 0 Å². The summed E-state index contributed by atoms with van der Waals surface area (Å²) in [5.74, 6) is 0. The van der Waals surface area contributed by atoms with Gasteiger partial charge in [-0.2, -0.15) is 0 Å². The van der Waals surface area contributed by atoms with Gasteiger partial charge in [0.2, 0.25) is 0 Å². The Hall–Kier alpha value is -3.90. The van der Waals surface area contributed by atoms with E-state index in [1.54, 1.807) is 0 Å². The van der Waals surface area contributed by atoms with Crippen molar-refractivity contribution in [1.82, 2.24) is 0 Å². The van der Waals surface area contributed by atoms with Crippen LogP contribution in [0.15, 0.2) is 109 Å². The maximum Gasteiger partial charge on any atom is -0.0111 e. The summed E-state index contributed by atoms with van der Waals surface area (Å²) in [6.07, 6.45) is 8.86. The minimum absolute atomic E-state index is 1.21. The van der Waals surface area contributed by atoms with Crippen molar-refractivity contribution in [3.63, 3.8) is 0 Å². The van der Waals surface area contributed by atoms with Crippen molar-refractivity contribution >= 4 is 45.8 Å². The number of hydrogen-bond acceptors (Lipinski definition) is 0. The smallest absolute Gasteiger partial charge is 0.0111 e. The predicted molar refractivity (Wildman–Crippen MR) is 132 cm³/mol. The van der Waals surface area contributed by atoms with Crippen molar-refractivity contribution in [2.24, 2.45) is 0 Å². The van der Waals surface area contributed by atoms with Crippen molar-refractivity contribution < 1.29 is 0 Å². The molecule has 0 bridgehead atoms. The molecule has 0 saturated carbocycles. The summed E-state index contributed by atoms with van der Waals surface area (Å²) < 4.78 is 0. The first-order chi connectivity index (χ1) is 14.9. The Morgan fingerprint density at radius 2 is 0.633 bits per heavy atom. The minimum atomic E-state index is 1.21. The van der Waals surface area contributed by atoms with Crippen LogP contribution >= 0.6 is 0 Å². The van der Waals surface area contributed by atoms with Gasteiger partial charge >= 0.3 is 0 Å². The molecule has 0 heterocycles. The minimum Gasteiger partial charge on any atom is -0.0616 e. The molecular weight excluding hydrogens is 360 g/mol. The Balaban J connectivity index is 1.50. The van der Waals surface area contributed by atoms with Crippen LogP contribution < -0.4 is 0 Å². The van der Waals surface area contributed by atoms with Crippen LogP contribution in [0.3, 0.4) is 0 Å². The van der Waals surface area contributed by atoms with Crippen molar-refractivity contribution in [2.45, 2.75) is 0 Å². The molecule has 5 rings (SSSR count). The molecule has 30 heavy (non-hydrogen) atoms. The molecule has 0 spiro atoms. The fourth-order valence-electron chi connectivity index (χ4n) is 3.97. The molecule has 5 aromatic carbocycles.